The van der Waals surface area contributed by atoms with E-state index >= 15 is 0 Å². The van der Waals surface area contributed by atoms with Crippen LogP contribution in [0.4, 0.5) is 5.69 Å². The van der Waals surface area contributed by atoms with Crippen molar-refractivity contribution in [1.82, 2.24) is 0 Å². The van der Waals surface area contributed by atoms with Crippen molar-refractivity contribution < 1.29 is 9.90 Å². The van der Waals surface area contributed by atoms with Gasteiger partial charge in [0.1, 0.15) is 6.07 Å². The maximum Gasteiger partial charge on any atom is 0.308 e. The molecule has 0 heterocycles. The highest BCUT2D eigenvalue weighted by molar-refractivity contribution is 9.10. The van der Waals surface area contributed by atoms with Crippen molar-refractivity contribution in [3.05, 3.63) is 28.2 Å². The number of nitrogens with one attached hydrogen (secondary N) is 1. The van der Waals surface area contributed by atoms with Gasteiger partial charge in [0.25, 0.3) is 0 Å². The van der Waals surface area contributed by atoms with Gasteiger partial charge in [-0.1, -0.05) is 13.8 Å². The number of anilines is 1. The van der Waals surface area contributed by atoms with Crippen LogP contribution in [-0.2, 0) is 4.79 Å². The molecule has 96 valence electrons. The first-order chi connectivity index (χ1) is 8.45. The minimum atomic E-state index is -0.801. The Kier molecular flexibility index (Phi) is 5.17. The van der Waals surface area contributed by atoms with Gasteiger partial charge >= 0.3 is 5.97 Å². The van der Waals surface area contributed by atoms with Gasteiger partial charge in [0.15, 0.2) is 0 Å². The van der Waals surface area contributed by atoms with E-state index in [1.54, 1.807) is 18.2 Å². The molecule has 1 rings (SSSR count). The van der Waals surface area contributed by atoms with E-state index in [0.29, 0.717) is 16.6 Å². The highest BCUT2D eigenvalue weighted by atomic mass is 79.9. The molecular formula is C13H15BrN2O2. The summed E-state index contributed by atoms with van der Waals surface area (Å²) in [4.78, 5) is 11.0. The Hall–Kier alpha value is -1.54. The van der Waals surface area contributed by atoms with E-state index in [0.717, 1.165) is 5.69 Å². The zero-order valence-electron chi connectivity index (χ0n) is 10.3. The number of carboxylic acid groups (broad SMARTS) is 1. The molecule has 0 bridgehead atoms. The quantitative estimate of drug-likeness (QED) is 0.876. The lowest BCUT2D eigenvalue weighted by Crippen LogP contribution is -2.27. The summed E-state index contributed by atoms with van der Waals surface area (Å²) in [6.07, 6.45) is 0. The maximum atomic E-state index is 11.0. The molecule has 1 unspecified atom stereocenters. The lowest BCUT2D eigenvalue weighted by molar-refractivity contribution is -0.142. The summed E-state index contributed by atoms with van der Waals surface area (Å²) in [5.74, 6) is -1.17. The minimum Gasteiger partial charge on any atom is -0.481 e. The van der Waals surface area contributed by atoms with E-state index in [4.69, 9.17) is 10.4 Å². The van der Waals surface area contributed by atoms with E-state index in [1.807, 2.05) is 13.8 Å². The van der Waals surface area contributed by atoms with Crippen LogP contribution in [0.25, 0.3) is 0 Å². The summed E-state index contributed by atoms with van der Waals surface area (Å²) < 4.78 is 0.700. The molecule has 0 aliphatic rings. The van der Waals surface area contributed by atoms with Crippen molar-refractivity contribution in [2.75, 3.05) is 11.9 Å². The van der Waals surface area contributed by atoms with E-state index in [9.17, 15) is 4.79 Å². The molecule has 1 aromatic carbocycles. The Labute approximate surface area is 115 Å². The van der Waals surface area contributed by atoms with Gasteiger partial charge in [-0.3, -0.25) is 4.79 Å². The molecule has 4 nitrogen and oxygen atoms in total. The first kappa shape index (κ1) is 14.5. The van der Waals surface area contributed by atoms with Crippen molar-refractivity contribution in [1.29, 1.82) is 5.26 Å². The van der Waals surface area contributed by atoms with Crippen LogP contribution in [-0.4, -0.2) is 17.6 Å². The van der Waals surface area contributed by atoms with Gasteiger partial charge in [-0.15, -0.1) is 0 Å². The van der Waals surface area contributed by atoms with E-state index in [2.05, 4.69) is 27.3 Å². The first-order valence-electron chi connectivity index (χ1n) is 5.62. The Balaban J connectivity index is 2.72. The molecule has 0 saturated carbocycles. The number of carbonyl (C=O) groups is 1. The molecule has 0 aromatic heterocycles. The second kappa shape index (κ2) is 6.41. The summed E-state index contributed by atoms with van der Waals surface area (Å²) >= 11 is 3.29. The van der Waals surface area contributed by atoms with Gasteiger partial charge in [-0.2, -0.15) is 5.26 Å². The Morgan fingerprint density at radius 1 is 1.56 bits per heavy atom. The minimum absolute atomic E-state index is 0.0665. The van der Waals surface area contributed by atoms with Crippen molar-refractivity contribution in [2.24, 2.45) is 11.8 Å². The monoisotopic (exact) mass is 310 g/mol. The molecule has 0 saturated heterocycles. The molecular weight excluding hydrogens is 296 g/mol. The predicted octanol–water partition coefficient (Wildman–Crippen LogP) is 3.09. The van der Waals surface area contributed by atoms with Crippen LogP contribution >= 0.6 is 15.9 Å². The van der Waals surface area contributed by atoms with E-state index in [1.165, 1.54) is 0 Å². The molecule has 0 aliphatic carbocycles. The first-order valence-corrected chi connectivity index (χ1v) is 6.41. The molecule has 0 fully saturated rings. The third kappa shape index (κ3) is 3.74. The van der Waals surface area contributed by atoms with E-state index in [-0.39, 0.29) is 5.92 Å². The molecule has 2 N–H and O–H groups in total. The molecule has 0 aliphatic heterocycles. The standard InChI is InChI=1S/C13H15BrN2O2/c1-8(2)11(13(17)18)7-16-10-4-3-9(6-15)12(14)5-10/h3-5,8,11,16H,7H2,1-2H3,(H,17,18). The fourth-order valence-corrected chi connectivity index (χ4v) is 2.02. The molecule has 0 spiro atoms. The van der Waals surface area contributed by atoms with Gasteiger partial charge < -0.3 is 10.4 Å². The smallest absolute Gasteiger partial charge is 0.308 e. The maximum absolute atomic E-state index is 11.0. The van der Waals surface area contributed by atoms with Crippen molar-refractivity contribution >= 4 is 27.6 Å². The van der Waals surface area contributed by atoms with Crippen LogP contribution in [0.2, 0.25) is 0 Å². The second-order valence-corrected chi connectivity index (χ2v) is 5.23. The number of carboxylic acids is 1. The number of benzene rings is 1. The average Bonchev–Trinajstić information content (AvgIpc) is 2.28. The largest absolute Gasteiger partial charge is 0.481 e. The van der Waals surface area contributed by atoms with Crippen molar-refractivity contribution in [3.63, 3.8) is 0 Å². The molecule has 5 heteroatoms. The highest BCUT2D eigenvalue weighted by Gasteiger charge is 2.20. The normalized spacial score (nSPS) is 11.9. The predicted molar refractivity (Wildman–Crippen MR) is 73.3 cm³/mol. The molecule has 0 radical (unpaired) electrons. The van der Waals surface area contributed by atoms with Gasteiger partial charge in [-0.25, -0.2) is 0 Å². The lowest BCUT2D eigenvalue weighted by Gasteiger charge is -2.17. The summed E-state index contributed by atoms with van der Waals surface area (Å²) in [6.45, 7) is 4.13. The summed E-state index contributed by atoms with van der Waals surface area (Å²) in [5, 5.41) is 20.9. The summed E-state index contributed by atoms with van der Waals surface area (Å²) in [5.41, 5.74) is 1.35. The lowest BCUT2D eigenvalue weighted by atomic mass is 9.96. The molecule has 18 heavy (non-hydrogen) atoms. The van der Waals surface area contributed by atoms with Gasteiger partial charge in [0, 0.05) is 16.7 Å². The Morgan fingerprint density at radius 2 is 2.22 bits per heavy atom. The molecule has 0 amide bonds. The number of hydrogen-bond donors (Lipinski definition) is 2. The van der Waals surface area contributed by atoms with Crippen molar-refractivity contribution in [2.45, 2.75) is 13.8 Å². The van der Waals surface area contributed by atoms with E-state index < -0.39 is 11.9 Å². The van der Waals surface area contributed by atoms with Crippen molar-refractivity contribution in [3.8, 4) is 6.07 Å². The third-order valence-electron chi connectivity index (χ3n) is 2.74. The van der Waals surface area contributed by atoms with Crippen LogP contribution in [0.15, 0.2) is 22.7 Å². The summed E-state index contributed by atoms with van der Waals surface area (Å²) in [7, 11) is 0. The third-order valence-corrected chi connectivity index (χ3v) is 3.39. The molecule has 1 atom stereocenters. The van der Waals surface area contributed by atoms with Gasteiger partial charge in [-0.05, 0) is 40.0 Å². The Morgan fingerprint density at radius 3 is 2.67 bits per heavy atom. The second-order valence-electron chi connectivity index (χ2n) is 4.38. The number of halogens is 1. The number of nitrogens with zero attached hydrogens (tertiary/aromatic N) is 1. The van der Waals surface area contributed by atoms with Gasteiger partial charge in [0.05, 0.1) is 11.5 Å². The molecule has 1 aromatic rings. The average molecular weight is 311 g/mol. The number of nitriles is 1. The fourth-order valence-electron chi connectivity index (χ4n) is 1.55. The van der Waals surface area contributed by atoms with Gasteiger partial charge in [0.2, 0.25) is 0 Å². The number of aliphatic carboxylic acids is 1. The highest BCUT2D eigenvalue weighted by Crippen LogP contribution is 2.21. The van der Waals surface area contributed by atoms with Crippen LogP contribution < -0.4 is 5.32 Å². The topological polar surface area (TPSA) is 73.1 Å². The SMILES string of the molecule is CC(C)C(CNc1ccc(C#N)c(Br)c1)C(=O)O. The zero-order valence-corrected chi connectivity index (χ0v) is 11.9. The van der Waals surface area contributed by atoms with Crippen LogP contribution in [0.5, 0.6) is 0 Å². The zero-order chi connectivity index (χ0) is 13.7. The van der Waals surface area contributed by atoms with Crippen LogP contribution in [0.1, 0.15) is 19.4 Å². The van der Waals surface area contributed by atoms with Crippen LogP contribution in [0.3, 0.4) is 0 Å². The summed E-state index contributed by atoms with van der Waals surface area (Å²) in [6, 6.07) is 7.29. The van der Waals surface area contributed by atoms with Crippen LogP contribution in [0, 0.1) is 23.2 Å². The Bertz CT molecular complexity index is 480. The number of hydrogen-bond acceptors (Lipinski definition) is 3. The number of rotatable bonds is 5. The fraction of sp³-hybridized carbons (Fsp3) is 0.385.